The van der Waals surface area contributed by atoms with Gasteiger partial charge in [0.05, 0.1) is 45.4 Å². The molecule has 0 aliphatic rings. The molecule has 2 aromatic carbocycles. The van der Waals surface area contributed by atoms with E-state index in [2.05, 4.69) is 10.2 Å². The fourth-order valence-corrected chi connectivity index (χ4v) is 3.95. The highest BCUT2D eigenvalue weighted by atomic mass is 16.5. The third-order valence-electron chi connectivity index (χ3n) is 5.89. The number of aromatic nitrogens is 1. The Labute approximate surface area is 219 Å². The van der Waals surface area contributed by atoms with E-state index in [0.29, 0.717) is 59.8 Å². The van der Waals surface area contributed by atoms with Crippen LogP contribution in [0.25, 0.3) is 0 Å². The number of methoxy groups -OCH3 is 4. The van der Waals surface area contributed by atoms with Crippen LogP contribution in [0.5, 0.6) is 23.0 Å². The summed E-state index contributed by atoms with van der Waals surface area (Å²) in [6.07, 6.45) is 0. The molecule has 9 nitrogen and oxygen atoms in total. The number of pyridine rings is 1. The van der Waals surface area contributed by atoms with Crippen LogP contribution in [0.3, 0.4) is 0 Å². The van der Waals surface area contributed by atoms with Crippen LogP contribution in [0.4, 0.5) is 17.2 Å². The van der Waals surface area contributed by atoms with Gasteiger partial charge < -0.3 is 40.0 Å². The van der Waals surface area contributed by atoms with Crippen molar-refractivity contribution >= 4 is 17.2 Å². The number of hydrogen-bond acceptors (Lipinski definition) is 9. The van der Waals surface area contributed by atoms with Crippen molar-refractivity contribution in [3.05, 3.63) is 59.3 Å². The number of nitrogens with two attached hydrogens (primary N) is 1. The predicted octanol–water partition coefficient (Wildman–Crippen LogP) is 4.40. The Morgan fingerprint density at radius 2 is 1.38 bits per heavy atom. The Morgan fingerprint density at radius 1 is 0.865 bits per heavy atom. The quantitative estimate of drug-likeness (QED) is 0.326. The maximum Gasteiger partial charge on any atom is 0.154 e. The van der Waals surface area contributed by atoms with Crippen LogP contribution in [0.2, 0.25) is 0 Å². The normalized spacial score (nSPS) is 11.1. The Bertz CT molecular complexity index is 1150. The third-order valence-corrected chi connectivity index (χ3v) is 5.89. The second-order valence-corrected chi connectivity index (χ2v) is 9.43. The van der Waals surface area contributed by atoms with Gasteiger partial charge in [0.15, 0.2) is 5.82 Å². The van der Waals surface area contributed by atoms with E-state index in [1.807, 2.05) is 49.4 Å². The number of nitrogen functional groups attached to an aromatic ring is 1. The van der Waals surface area contributed by atoms with Gasteiger partial charge in [-0.05, 0) is 51.1 Å². The van der Waals surface area contributed by atoms with Gasteiger partial charge in [-0.1, -0.05) is 0 Å². The summed E-state index contributed by atoms with van der Waals surface area (Å²) in [7, 11) is 6.51. The molecule has 0 amide bonds. The first-order valence-corrected chi connectivity index (χ1v) is 12.0. The molecule has 0 aliphatic carbocycles. The Hall–Kier alpha value is -3.85. The SMILES string of the molecule is COc1ccc(CN(Cc2ccc(OC)cc2OC)c2nc(C)cc(NCC(C)(C)O)c2N)c(OC)c1. The topological polar surface area (TPSA) is 111 Å². The lowest BCUT2D eigenvalue weighted by molar-refractivity contribution is 0.0945. The molecule has 3 rings (SSSR count). The van der Waals surface area contributed by atoms with Crippen molar-refractivity contribution in [1.29, 1.82) is 0 Å². The standard InChI is InChI=1S/C28H38N4O5/c1-18-12-23(30-17-28(2,3)33)26(29)27(31-18)32(15-19-8-10-21(34-4)13-24(19)36-6)16-20-9-11-22(35-5)14-25(20)37-7/h8-14,33H,15-17,29H2,1-7H3,(H,30,31). The Morgan fingerprint density at radius 3 is 1.81 bits per heavy atom. The van der Waals surface area contributed by atoms with Crippen LogP contribution in [0, 0.1) is 6.92 Å². The molecule has 0 bridgehead atoms. The monoisotopic (exact) mass is 510 g/mol. The first-order valence-electron chi connectivity index (χ1n) is 12.0. The molecule has 9 heteroatoms. The fourth-order valence-electron chi connectivity index (χ4n) is 3.95. The van der Waals surface area contributed by atoms with Gasteiger partial charge in [-0.3, -0.25) is 0 Å². The highest BCUT2D eigenvalue weighted by Crippen LogP contribution is 2.35. The summed E-state index contributed by atoms with van der Waals surface area (Å²) in [5.41, 5.74) is 9.61. The van der Waals surface area contributed by atoms with E-state index in [0.717, 1.165) is 16.8 Å². The zero-order valence-corrected chi connectivity index (χ0v) is 22.7. The molecule has 0 saturated heterocycles. The average Bonchev–Trinajstić information content (AvgIpc) is 2.88. The van der Waals surface area contributed by atoms with Gasteiger partial charge in [-0.25, -0.2) is 4.98 Å². The number of benzene rings is 2. The second-order valence-electron chi connectivity index (χ2n) is 9.43. The Balaban J connectivity index is 2.09. The summed E-state index contributed by atoms with van der Waals surface area (Å²) in [5.74, 6) is 3.40. The number of aliphatic hydroxyl groups is 1. The van der Waals surface area contributed by atoms with Gasteiger partial charge in [0.1, 0.15) is 23.0 Å². The minimum absolute atomic E-state index is 0.332. The highest BCUT2D eigenvalue weighted by Gasteiger charge is 2.21. The van der Waals surface area contributed by atoms with Crippen molar-refractivity contribution in [2.24, 2.45) is 0 Å². The zero-order valence-electron chi connectivity index (χ0n) is 22.7. The third kappa shape index (κ3) is 7.10. The lowest BCUT2D eigenvalue weighted by atomic mass is 10.1. The first-order chi connectivity index (χ1) is 17.6. The van der Waals surface area contributed by atoms with Crippen LogP contribution in [-0.4, -0.2) is 50.7 Å². The van der Waals surface area contributed by atoms with Gasteiger partial charge in [0.25, 0.3) is 0 Å². The number of aryl methyl sites for hydroxylation is 1. The predicted molar refractivity (Wildman–Crippen MR) is 147 cm³/mol. The van der Waals surface area contributed by atoms with E-state index in [-0.39, 0.29) is 0 Å². The van der Waals surface area contributed by atoms with Crippen molar-refractivity contribution in [3.8, 4) is 23.0 Å². The number of nitrogens with zero attached hydrogens (tertiary/aromatic N) is 2. The zero-order chi connectivity index (χ0) is 27.2. The Kier molecular flexibility index (Phi) is 8.94. The summed E-state index contributed by atoms with van der Waals surface area (Å²) >= 11 is 0. The molecule has 0 saturated carbocycles. The van der Waals surface area contributed by atoms with E-state index < -0.39 is 5.60 Å². The van der Waals surface area contributed by atoms with Crippen molar-refractivity contribution < 1.29 is 24.1 Å². The van der Waals surface area contributed by atoms with Gasteiger partial charge >= 0.3 is 0 Å². The maximum absolute atomic E-state index is 10.2. The number of hydrogen-bond donors (Lipinski definition) is 3. The van der Waals surface area contributed by atoms with Gasteiger partial charge in [0.2, 0.25) is 0 Å². The van der Waals surface area contributed by atoms with E-state index in [1.165, 1.54) is 0 Å². The molecule has 0 radical (unpaired) electrons. The summed E-state index contributed by atoms with van der Waals surface area (Å²) < 4.78 is 22.1. The largest absolute Gasteiger partial charge is 0.497 e. The van der Waals surface area contributed by atoms with E-state index in [1.54, 1.807) is 42.3 Å². The minimum Gasteiger partial charge on any atom is -0.497 e. The summed E-state index contributed by atoms with van der Waals surface area (Å²) in [6, 6.07) is 13.3. The molecule has 3 aromatic rings. The molecule has 4 N–H and O–H groups in total. The molecule has 0 unspecified atom stereocenters. The van der Waals surface area contributed by atoms with Crippen LogP contribution in [0.15, 0.2) is 42.5 Å². The second kappa shape index (κ2) is 11.9. The van der Waals surface area contributed by atoms with Crippen molar-refractivity contribution in [1.82, 2.24) is 4.98 Å². The number of anilines is 3. The van der Waals surface area contributed by atoms with Crippen LogP contribution in [-0.2, 0) is 13.1 Å². The smallest absolute Gasteiger partial charge is 0.154 e. The molecule has 1 heterocycles. The summed E-state index contributed by atoms with van der Waals surface area (Å²) in [4.78, 5) is 6.89. The van der Waals surface area contributed by atoms with E-state index >= 15 is 0 Å². The number of nitrogens with one attached hydrogen (secondary N) is 1. The molecular weight excluding hydrogens is 472 g/mol. The molecular formula is C28H38N4O5. The number of rotatable bonds is 12. The highest BCUT2D eigenvalue weighted by molar-refractivity contribution is 5.79. The lowest BCUT2D eigenvalue weighted by Gasteiger charge is -2.29. The molecule has 0 aliphatic heterocycles. The van der Waals surface area contributed by atoms with Gasteiger partial charge in [-0.15, -0.1) is 0 Å². The van der Waals surface area contributed by atoms with Crippen molar-refractivity contribution in [2.45, 2.75) is 39.5 Å². The average molecular weight is 511 g/mol. The van der Waals surface area contributed by atoms with Gasteiger partial charge in [-0.2, -0.15) is 0 Å². The molecule has 0 fully saturated rings. The number of ether oxygens (including phenoxy) is 4. The minimum atomic E-state index is -0.906. The van der Waals surface area contributed by atoms with Crippen LogP contribution < -0.4 is 34.9 Å². The first kappa shape index (κ1) is 27.7. The van der Waals surface area contributed by atoms with Crippen molar-refractivity contribution in [2.75, 3.05) is 50.9 Å². The van der Waals surface area contributed by atoms with Gasteiger partial charge in [0, 0.05) is 48.6 Å². The molecule has 37 heavy (non-hydrogen) atoms. The van der Waals surface area contributed by atoms with Crippen LogP contribution >= 0.6 is 0 Å². The maximum atomic E-state index is 10.2. The van der Waals surface area contributed by atoms with E-state index in [9.17, 15) is 5.11 Å². The lowest BCUT2D eigenvalue weighted by Crippen LogP contribution is -2.30. The van der Waals surface area contributed by atoms with E-state index in [4.69, 9.17) is 29.7 Å². The molecule has 0 atom stereocenters. The summed E-state index contributed by atoms with van der Waals surface area (Å²) in [6.45, 7) is 6.63. The van der Waals surface area contributed by atoms with Crippen molar-refractivity contribution in [3.63, 3.8) is 0 Å². The molecule has 200 valence electrons. The summed E-state index contributed by atoms with van der Waals surface area (Å²) in [5, 5.41) is 13.5. The molecule has 0 spiro atoms. The molecule has 1 aromatic heterocycles. The van der Waals surface area contributed by atoms with Crippen LogP contribution in [0.1, 0.15) is 30.7 Å². The fraction of sp³-hybridized carbons (Fsp3) is 0.393.